The predicted octanol–water partition coefficient (Wildman–Crippen LogP) is 1.39. The molecule has 1 aromatic rings. The number of nitrogens with zero attached hydrogens (tertiary/aromatic N) is 1. The number of carbonyl (C=O) groups excluding carboxylic acids is 1. The maximum Gasteiger partial charge on any atom is 0.236 e. The molecular formula is C13H20N2O2. The molecule has 0 saturated carbocycles. The molecule has 0 aliphatic carbocycles. The van der Waals surface area contributed by atoms with Gasteiger partial charge in [0, 0.05) is 13.1 Å². The Morgan fingerprint density at radius 1 is 1.47 bits per heavy atom. The third kappa shape index (κ3) is 4.07. The maximum atomic E-state index is 11.6. The summed E-state index contributed by atoms with van der Waals surface area (Å²) in [7, 11) is 1.63. The minimum Gasteiger partial charge on any atom is -0.497 e. The molecule has 0 bridgehead atoms. The van der Waals surface area contributed by atoms with Crippen molar-refractivity contribution in [2.45, 2.75) is 19.9 Å². The van der Waals surface area contributed by atoms with Crippen molar-refractivity contribution in [3.63, 3.8) is 0 Å². The van der Waals surface area contributed by atoms with Gasteiger partial charge < -0.3 is 15.4 Å². The fourth-order valence-electron chi connectivity index (χ4n) is 1.68. The molecule has 1 amide bonds. The zero-order valence-electron chi connectivity index (χ0n) is 10.5. The molecule has 0 atom stereocenters. The quantitative estimate of drug-likeness (QED) is 0.812. The highest BCUT2D eigenvalue weighted by molar-refractivity contribution is 5.78. The smallest absolute Gasteiger partial charge is 0.236 e. The van der Waals surface area contributed by atoms with Crippen LogP contribution in [0, 0.1) is 0 Å². The molecule has 1 rings (SSSR count). The molecule has 17 heavy (non-hydrogen) atoms. The summed E-state index contributed by atoms with van der Waals surface area (Å²) < 4.78 is 5.16. The zero-order valence-corrected chi connectivity index (χ0v) is 10.5. The summed E-state index contributed by atoms with van der Waals surface area (Å²) in [5.74, 6) is 0.786. The fraction of sp³-hybridized carbons (Fsp3) is 0.462. The highest BCUT2D eigenvalue weighted by Crippen LogP contribution is 2.14. The van der Waals surface area contributed by atoms with Crippen molar-refractivity contribution in [2.24, 2.45) is 5.73 Å². The SMILES string of the molecule is CCCN(Cc1cccc(OC)c1)C(=O)CN. The predicted molar refractivity (Wildman–Crippen MR) is 67.8 cm³/mol. The minimum atomic E-state index is -0.0188. The molecule has 0 aliphatic rings. The van der Waals surface area contributed by atoms with Crippen molar-refractivity contribution < 1.29 is 9.53 Å². The number of nitrogens with two attached hydrogens (primary N) is 1. The molecule has 0 saturated heterocycles. The van der Waals surface area contributed by atoms with Gasteiger partial charge in [-0.1, -0.05) is 19.1 Å². The lowest BCUT2D eigenvalue weighted by Gasteiger charge is -2.21. The summed E-state index contributed by atoms with van der Waals surface area (Å²) >= 11 is 0. The molecule has 0 radical (unpaired) electrons. The molecule has 0 fully saturated rings. The number of ether oxygens (including phenoxy) is 1. The van der Waals surface area contributed by atoms with Crippen molar-refractivity contribution in [1.29, 1.82) is 0 Å². The number of amides is 1. The van der Waals surface area contributed by atoms with Gasteiger partial charge in [0.05, 0.1) is 13.7 Å². The van der Waals surface area contributed by atoms with Crippen LogP contribution in [-0.4, -0.2) is 31.0 Å². The monoisotopic (exact) mass is 236 g/mol. The van der Waals surface area contributed by atoms with Crippen LogP contribution in [0.3, 0.4) is 0 Å². The van der Waals surface area contributed by atoms with Crippen LogP contribution in [0.4, 0.5) is 0 Å². The van der Waals surface area contributed by atoms with Crippen LogP contribution in [-0.2, 0) is 11.3 Å². The molecule has 0 spiro atoms. The van der Waals surface area contributed by atoms with E-state index in [2.05, 4.69) is 0 Å². The van der Waals surface area contributed by atoms with Crippen LogP contribution in [0.1, 0.15) is 18.9 Å². The second kappa shape index (κ2) is 6.91. The molecule has 1 aromatic carbocycles. The van der Waals surface area contributed by atoms with E-state index in [0.29, 0.717) is 6.54 Å². The van der Waals surface area contributed by atoms with Crippen LogP contribution < -0.4 is 10.5 Å². The van der Waals surface area contributed by atoms with E-state index in [1.54, 1.807) is 12.0 Å². The van der Waals surface area contributed by atoms with Gasteiger partial charge in [-0.25, -0.2) is 0 Å². The van der Waals surface area contributed by atoms with E-state index < -0.39 is 0 Å². The lowest BCUT2D eigenvalue weighted by atomic mass is 10.2. The summed E-state index contributed by atoms with van der Waals surface area (Å²) in [4.78, 5) is 13.4. The van der Waals surface area contributed by atoms with Gasteiger partial charge in [-0.2, -0.15) is 0 Å². The first kappa shape index (κ1) is 13.5. The normalized spacial score (nSPS) is 10.1. The maximum absolute atomic E-state index is 11.6. The average molecular weight is 236 g/mol. The van der Waals surface area contributed by atoms with Crippen molar-refractivity contribution in [2.75, 3.05) is 20.2 Å². The van der Waals surface area contributed by atoms with Gasteiger partial charge in [-0.05, 0) is 24.1 Å². The highest BCUT2D eigenvalue weighted by atomic mass is 16.5. The Bertz CT molecular complexity index is 366. The number of rotatable bonds is 6. The Kier molecular flexibility index (Phi) is 5.49. The van der Waals surface area contributed by atoms with Crippen molar-refractivity contribution in [1.82, 2.24) is 4.90 Å². The van der Waals surface area contributed by atoms with E-state index in [1.165, 1.54) is 0 Å². The minimum absolute atomic E-state index is 0.0188. The van der Waals surface area contributed by atoms with Gasteiger partial charge in [-0.15, -0.1) is 0 Å². The number of benzene rings is 1. The topological polar surface area (TPSA) is 55.6 Å². The largest absolute Gasteiger partial charge is 0.497 e. The van der Waals surface area contributed by atoms with E-state index in [4.69, 9.17) is 10.5 Å². The van der Waals surface area contributed by atoms with Crippen LogP contribution in [0.15, 0.2) is 24.3 Å². The Hall–Kier alpha value is -1.55. The molecule has 94 valence electrons. The Balaban J connectivity index is 2.74. The number of carbonyl (C=O) groups is 1. The first-order chi connectivity index (χ1) is 8.21. The average Bonchev–Trinajstić information content (AvgIpc) is 2.37. The second-order valence-corrected chi connectivity index (χ2v) is 3.87. The first-order valence-corrected chi connectivity index (χ1v) is 5.82. The number of methoxy groups -OCH3 is 1. The summed E-state index contributed by atoms with van der Waals surface area (Å²) in [5.41, 5.74) is 6.45. The molecule has 4 nitrogen and oxygen atoms in total. The second-order valence-electron chi connectivity index (χ2n) is 3.87. The van der Waals surface area contributed by atoms with Gasteiger partial charge in [0.2, 0.25) is 5.91 Å². The van der Waals surface area contributed by atoms with Gasteiger partial charge in [0.1, 0.15) is 5.75 Å². The molecule has 0 aliphatic heterocycles. The summed E-state index contributed by atoms with van der Waals surface area (Å²) in [6.45, 7) is 3.42. The van der Waals surface area contributed by atoms with E-state index in [9.17, 15) is 4.79 Å². The zero-order chi connectivity index (χ0) is 12.7. The highest BCUT2D eigenvalue weighted by Gasteiger charge is 2.11. The van der Waals surface area contributed by atoms with Crippen LogP contribution >= 0.6 is 0 Å². The third-order valence-corrected chi connectivity index (χ3v) is 2.53. The summed E-state index contributed by atoms with van der Waals surface area (Å²) in [5, 5.41) is 0. The van der Waals surface area contributed by atoms with E-state index in [0.717, 1.165) is 24.3 Å². The van der Waals surface area contributed by atoms with Crippen LogP contribution in [0.2, 0.25) is 0 Å². The summed E-state index contributed by atoms with van der Waals surface area (Å²) in [6, 6.07) is 7.73. The number of hydrogen-bond acceptors (Lipinski definition) is 3. The van der Waals surface area contributed by atoms with E-state index in [-0.39, 0.29) is 12.5 Å². The molecule has 0 aromatic heterocycles. The standard InChI is InChI=1S/C13H20N2O2/c1-3-7-15(13(16)9-14)10-11-5-4-6-12(8-11)17-2/h4-6,8H,3,7,9-10,14H2,1-2H3. The molecule has 2 N–H and O–H groups in total. The van der Waals surface area contributed by atoms with Gasteiger partial charge in [0.15, 0.2) is 0 Å². The van der Waals surface area contributed by atoms with Crippen molar-refractivity contribution in [3.8, 4) is 5.75 Å². The molecule has 0 unspecified atom stereocenters. The Morgan fingerprint density at radius 3 is 2.82 bits per heavy atom. The Labute approximate surface area is 102 Å². The lowest BCUT2D eigenvalue weighted by Crippen LogP contribution is -2.36. The third-order valence-electron chi connectivity index (χ3n) is 2.53. The number of hydrogen-bond donors (Lipinski definition) is 1. The van der Waals surface area contributed by atoms with Gasteiger partial charge >= 0.3 is 0 Å². The van der Waals surface area contributed by atoms with Crippen LogP contribution in [0.5, 0.6) is 5.75 Å². The first-order valence-electron chi connectivity index (χ1n) is 5.82. The van der Waals surface area contributed by atoms with E-state index in [1.807, 2.05) is 31.2 Å². The molecule has 0 heterocycles. The Morgan fingerprint density at radius 2 is 2.24 bits per heavy atom. The van der Waals surface area contributed by atoms with Crippen molar-refractivity contribution in [3.05, 3.63) is 29.8 Å². The molecule has 4 heteroatoms. The lowest BCUT2D eigenvalue weighted by molar-refractivity contribution is -0.130. The summed E-state index contributed by atoms with van der Waals surface area (Å²) in [6.07, 6.45) is 0.926. The molecular weight excluding hydrogens is 216 g/mol. The van der Waals surface area contributed by atoms with Crippen LogP contribution in [0.25, 0.3) is 0 Å². The fourth-order valence-corrected chi connectivity index (χ4v) is 1.68. The van der Waals surface area contributed by atoms with Crippen molar-refractivity contribution >= 4 is 5.91 Å². The van der Waals surface area contributed by atoms with E-state index >= 15 is 0 Å². The van der Waals surface area contributed by atoms with Gasteiger partial charge in [-0.3, -0.25) is 4.79 Å². The van der Waals surface area contributed by atoms with Gasteiger partial charge in [0.25, 0.3) is 0 Å².